The Hall–Kier alpha value is -2.42. The van der Waals surface area contributed by atoms with Crippen LogP contribution in [0.1, 0.15) is 84.3 Å². The van der Waals surface area contributed by atoms with Gasteiger partial charge in [0.1, 0.15) is 16.8 Å². The quantitative estimate of drug-likeness (QED) is 0.478. The molecule has 37 heavy (non-hydrogen) atoms. The molecule has 2 aromatic rings. The minimum absolute atomic E-state index is 0.0378. The smallest absolute Gasteiger partial charge is 0.341 e. The fourth-order valence-electron chi connectivity index (χ4n) is 6.86. The number of likely N-dealkylation sites (tertiary alicyclic amines) is 1. The lowest BCUT2D eigenvalue weighted by Gasteiger charge is -2.50. The number of hydrogen-bond donors (Lipinski definition) is 3. The lowest BCUT2D eigenvalue weighted by atomic mass is 9.66. The van der Waals surface area contributed by atoms with E-state index in [0.29, 0.717) is 30.1 Å². The van der Waals surface area contributed by atoms with Crippen LogP contribution in [-0.2, 0) is 22.4 Å². The maximum atomic E-state index is 13.5. The summed E-state index contributed by atoms with van der Waals surface area (Å²) in [4.78, 5) is 28.5. The molecule has 1 saturated carbocycles. The molecule has 0 spiro atoms. The SMILES string of the molecule is CCOc1ccccc1[C@H]1[C@H]2CCCC[C@@]2(O)CC[NH+]1CC(=O)Nc1sc2c(c1C(=O)OC)CCCC2. The van der Waals surface area contributed by atoms with Crippen LogP contribution in [0, 0.1) is 5.92 Å². The number of carbonyl (C=O) groups excluding carboxylic acids is 2. The zero-order chi connectivity index (χ0) is 26.0. The van der Waals surface area contributed by atoms with Crippen LogP contribution in [0.2, 0.25) is 0 Å². The van der Waals surface area contributed by atoms with Gasteiger partial charge in [0.2, 0.25) is 0 Å². The van der Waals surface area contributed by atoms with Crippen LogP contribution < -0.4 is 15.0 Å². The highest BCUT2D eigenvalue weighted by Crippen LogP contribution is 2.45. The molecule has 5 rings (SSSR count). The lowest BCUT2D eigenvalue weighted by molar-refractivity contribution is -0.937. The molecule has 1 saturated heterocycles. The Bertz CT molecular complexity index is 1150. The molecule has 0 bridgehead atoms. The molecule has 200 valence electrons. The molecule has 0 radical (unpaired) electrons. The van der Waals surface area contributed by atoms with Crippen LogP contribution >= 0.6 is 11.3 Å². The molecule has 2 fully saturated rings. The van der Waals surface area contributed by atoms with Gasteiger partial charge in [0.05, 0.1) is 37.0 Å². The number of carbonyl (C=O) groups is 2. The fraction of sp³-hybridized carbons (Fsp3) is 0.586. The number of para-hydroxylation sites is 1. The Morgan fingerprint density at radius 3 is 2.78 bits per heavy atom. The number of methoxy groups -OCH3 is 1. The summed E-state index contributed by atoms with van der Waals surface area (Å²) in [6, 6.07) is 8.04. The Kier molecular flexibility index (Phi) is 7.88. The number of rotatable bonds is 7. The molecule has 3 aliphatic rings. The summed E-state index contributed by atoms with van der Waals surface area (Å²) < 4.78 is 11.1. The number of benzene rings is 1. The van der Waals surface area contributed by atoms with Gasteiger partial charge in [0.25, 0.3) is 5.91 Å². The van der Waals surface area contributed by atoms with Crippen molar-refractivity contribution in [2.75, 3.05) is 32.1 Å². The first-order chi connectivity index (χ1) is 17.9. The number of aryl methyl sites for hydroxylation is 1. The van der Waals surface area contributed by atoms with Crippen molar-refractivity contribution in [3.8, 4) is 5.75 Å². The Morgan fingerprint density at radius 2 is 1.97 bits per heavy atom. The van der Waals surface area contributed by atoms with E-state index in [1.165, 1.54) is 23.3 Å². The van der Waals surface area contributed by atoms with Crippen molar-refractivity contribution in [3.05, 3.63) is 45.8 Å². The predicted molar refractivity (Wildman–Crippen MR) is 144 cm³/mol. The van der Waals surface area contributed by atoms with Gasteiger partial charge >= 0.3 is 5.97 Å². The zero-order valence-corrected chi connectivity index (χ0v) is 22.8. The fourth-order valence-corrected chi connectivity index (χ4v) is 8.16. The van der Waals surface area contributed by atoms with Gasteiger partial charge in [-0.3, -0.25) is 4.79 Å². The van der Waals surface area contributed by atoms with Crippen LogP contribution in [0.15, 0.2) is 24.3 Å². The highest BCUT2D eigenvalue weighted by Gasteiger charge is 2.52. The van der Waals surface area contributed by atoms with Gasteiger partial charge in [-0.1, -0.05) is 25.0 Å². The number of esters is 1. The molecule has 8 heteroatoms. The minimum Gasteiger partial charge on any atom is -0.493 e. The molecule has 2 heterocycles. The van der Waals surface area contributed by atoms with Gasteiger partial charge in [0.15, 0.2) is 6.54 Å². The van der Waals surface area contributed by atoms with Crippen molar-refractivity contribution in [2.45, 2.75) is 76.4 Å². The first kappa shape index (κ1) is 26.2. The van der Waals surface area contributed by atoms with E-state index in [4.69, 9.17) is 9.47 Å². The number of fused-ring (bicyclic) bond motifs is 2. The predicted octanol–water partition coefficient (Wildman–Crippen LogP) is 3.70. The molecule has 1 amide bonds. The summed E-state index contributed by atoms with van der Waals surface area (Å²) in [7, 11) is 1.39. The van der Waals surface area contributed by atoms with E-state index in [2.05, 4.69) is 11.4 Å². The molecular formula is C29H39N2O5S+. The summed E-state index contributed by atoms with van der Waals surface area (Å²) in [6.45, 7) is 3.51. The van der Waals surface area contributed by atoms with Crippen LogP contribution in [0.3, 0.4) is 0 Å². The van der Waals surface area contributed by atoms with Crippen molar-refractivity contribution in [1.29, 1.82) is 0 Å². The van der Waals surface area contributed by atoms with E-state index < -0.39 is 5.60 Å². The van der Waals surface area contributed by atoms with Crippen LogP contribution in [0.25, 0.3) is 0 Å². The van der Waals surface area contributed by atoms with E-state index >= 15 is 0 Å². The molecular weight excluding hydrogens is 488 g/mol. The number of anilines is 1. The van der Waals surface area contributed by atoms with E-state index in [-0.39, 0.29) is 30.4 Å². The highest BCUT2D eigenvalue weighted by molar-refractivity contribution is 7.17. The van der Waals surface area contributed by atoms with Crippen molar-refractivity contribution in [2.24, 2.45) is 5.92 Å². The van der Waals surface area contributed by atoms with Crippen molar-refractivity contribution < 1.29 is 29.1 Å². The summed E-state index contributed by atoms with van der Waals surface area (Å²) >= 11 is 1.52. The number of thiophene rings is 1. The third kappa shape index (κ3) is 5.16. The highest BCUT2D eigenvalue weighted by atomic mass is 32.1. The molecule has 1 unspecified atom stereocenters. The molecule has 7 nitrogen and oxygen atoms in total. The van der Waals surface area contributed by atoms with Gasteiger partial charge in [-0.2, -0.15) is 0 Å². The van der Waals surface area contributed by atoms with Gasteiger partial charge < -0.3 is 24.8 Å². The Balaban J connectivity index is 1.43. The number of quaternary nitrogens is 1. The van der Waals surface area contributed by atoms with Crippen LogP contribution in [0.5, 0.6) is 5.75 Å². The topological polar surface area (TPSA) is 89.3 Å². The second-order valence-electron chi connectivity index (χ2n) is 10.7. The maximum absolute atomic E-state index is 13.5. The van der Waals surface area contributed by atoms with Gasteiger partial charge in [-0.15, -0.1) is 11.3 Å². The third-order valence-corrected chi connectivity index (χ3v) is 9.75. The van der Waals surface area contributed by atoms with E-state index in [1.807, 2.05) is 25.1 Å². The number of aliphatic hydroxyl groups is 1. The number of nitrogens with one attached hydrogen (secondary N) is 2. The molecule has 3 N–H and O–H groups in total. The average Bonchev–Trinajstić information content (AvgIpc) is 3.26. The normalized spacial score (nSPS) is 27.1. The molecule has 1 aliphatic heterocycles. The van der Waals surface area contributed by atoms with E-state index in [0.717, 1.165) is 73.1 Å². The monoisotopic (exact) mass is 527 g/mol. The number of hydrogen-bond acceptors (Lipinski definition) is 6. The largest absolute Gasteiger partial charge is 0.493 e. The summed E-state index contributed by atoms with van der Waals surface area (Å²) in [5.74, 6) is 0.412. The molecule has 2 aliphatic carbocycles. The first-order valence-electron chi connectivity index (χ1n) is 13.8. The summed E-state index contributed by atoms with van der Waals surface area (Å²) in [5, 5.41) is 15.3. The average molecular weight is 528 g/mol. The number of ether oxygens (including phenoxy) is 2. The molecule has 4 atom stereocenters. The summed E-state index contributed by atoms with van der Waals surface area (Å²) in [5.41, 5.74) is 1.94. The second kappa shape index (κ2) is 11.1. The van der Waals surface area contributed by atoms with Crippen molar-refractivity contribution in [1.82, 2.24) is 0 Å². The van der Waals surface area contributed by atoms with Gasteiger partial charge in [-0.05, 0) is 63.1 Å². The van der Waals surface area contributed by atoms with Crippen LogP contribution in [0.4, 0.5) is 5.00 Å². The lowest BCUT2D eigenvalue weighted by Crippen LogP contribution is -3.16. The Morgan fingerprint density at radius 1 is 1.16 bits per heavy atom. The first-order valence-corrected chi connectivity index (χ1v) is 14.6. The standard InChI is InChI=1S/C29H38N2O5S/c1-3-36-22-13-6-4-10-19(22)26-21-12-8-9-15-29(21,34)16-17-31(26)18-24(32)30-27-25(28(33)35-2)20-11-5-7-14-23(20)37-27/h4,6,10,13,21,26,34H,3,5,7-9,11-12,14-18H2,1-2H3,(H,30,32)/p+1/t21-,26+,29-/m1/s1. The second-order valence-corrected chi connectivity index (χ2v) is 11.8. The summed E-state index contributed by atoms with van der Waals surface area (Å²) in [6.07, 6.45) is 8.51. The zero-order valence-electron chi connectivity index (χ0n) is 21.9. The third-order valence-electron chi connectivity index (χ3n) is 8.54. The van der Waals surface area contributed by atoms with Gasteiger partial charge in [-0.25, -0.2) is 4.79 Å². The van der Waals surface area contributed by atoms with E-state index in [1.54, 1.807) is 0 Å². The maximum Gasteiger partial charge on any atom is 0.341 e. The number of piperidine rings is 1. The minimum atomic E-state index is -0.701. The van der Waals surface area contributed by atoms with E-state index in [9.17, 15) is 14.7 Å². The van der Waals surface area contributed by atoms with Crippen LogP contribution in [-0.4, -0.2) is 49.4 Å². The Labute approximate surface area is 223 Å². The number of amides is 1. The molecule has 1 aromatic carbocycles. The molecule has 1 aromatic heterocycles. The van der Waals surface area contributed by atoms with Gasteiger partial charge in [0, 0.05) is 17.2 Å². The van der Waals surface area contributed by atoms with Crippen molar-refractivity contribution >= 4 is 28.2 Å². The van der Waals surface area contributed by atoms with Crippen molar-refractivity contribution in [3.63, 3.8) is 0 Å².